The SMILES string of the molecule is CC(C)CN1CCC(CN=C(N)N2CCSCC2)C1. The van der Waals surface area contributed by atoms with Gasteiger partial charge in [-0.3, -0.25) is 4.99 Å². The second-order valence-corrected chi connectivity index (χ2v) is 7.33. The summed E-state index contributed by atoms with van der Waals surface area (Å²) >= 11 is 2.01. The van der Waals surface area contributed by atoms with E-state index in [1.54, 1.807) is 0 Å². The summed E-state index contributed by atoms with van der Waals surface area (Å²) in [4.78, 5) is 9.43. The molecule has 0 spiro atoms. The first-order valence-electron chi connectivity index (χ1n) is 7.50. The first-order chi connectivity index (χ1) is 9.15. The van der Waals surface area contributed by atoms with E-state index in [0.29, 0.717) is 5.92 Å². The van der Waals surface area contributed by atoms with Crippen molar-refractivity contribution in [2.24, 2.45) is 22.6 Å². The molecular weight excluding hydrogens is 256 g/mol. The Labute approximate surface area is 121 Å². The van der Waals surface area contributed by atoms with Gasteiger partial charge in [-0.25, -0.2) is 0 Å². The Balaban J connectivity index is 1.72. The average molecular weight is 284 g/mol. The molecule has 0 radical (unpaired) electrons. The Morgan fingerprint density at radius 3 is 2.74 bits per heavy atom. The van der Waals surface area contributed by atoms with Crippen LogP contribution in [0.25, 0.3) is 0 Å². The zero-order chi connectivity index (χ0) is 13.7. The molecule has 0 saturated carbocycles. The Kier molecular flexibility index (Phi) is 5.82. The van der Waals surface area contributed by atoms with Crippen LogP contribution in [0.4, 0.5) is 0 Å². The Bertz CT molecular complexity index is 300. The second kappa shape index (κ2) is 7.39. The van der Waals surface area contributed by atoms with Crippen LogP contribution < -0.4 is 5.73 Å². The topological polar surface area (TPSA) is 44.9 Å². The van der Waals surface area contributed by atoms with Gasteiger partial charge in [0.05, 0.1) is 0 Å². The van der Waals surface area contributed by atoms with E-state index in [1.807, 2.05) is 11.8 Å². The van der Waals surface area contributed by atoms with Crippen LogP contribution in [-0.4, -0.2) is 66.5 Å². The highest BCUT2D eigenvalue weighted by Gasteiger charge is 2.22. The van der Waals surface area contributed by atoms with Gasteiger partial charge in [-0.2, -0.15) is 11.8 Å². The number of hydrogen-bond donors (Lipinski definition) is 1. The zero-order valence-electron chi connectivity index (χ0n) is 12.3. The fraction of sp³-hybridized carbons (Fsp3) is 0.929. The molecule has 110 valence electrons. The molecule has 0 bridgehead atoms. The van der Waals surface area contributed by atoms with Gasteiger partial charge in [0.1, 0.15) is 0 Å². The summed E-state index contributed by atoms with van der Waals surface area (Å²) in [6.07, 6.45) is 1.28. The summed E-state index contributed by atoms with van der Waals surface area (Å²) in [5, 5.41) is 0. The summed E-state index contributed by atoms with van der Waals surface area (Å²) < 4.78 is 0. The number of nitrogens with zero attached hydrogens (tertiary/aromatic N) is 3. The van der Waals surface area contributed by atoms with E-state index in [4.69, 9.17) is 5.73 Å². The minimum atomic E-state index is 0.705. The third-order valence-electron chi connectivity index (χ3n) is 3.84. The lowest BCUT2D eigenvalue weighted by atomic mass is 10.1. The normalized spacial score (nSPS) is 26.4. The molecule has 0 aromatic heterocycles. The zero-order valence-corrected chi connectivity index (χ0v) is 13.2. The van der Waals surface area contributed by atoms with Crippen molar-refractivity contribution in [1.82, 2.24) is 9.80 Å². The lowest BCUT2D eigenvalue weighted by molar-refractivity contribution is 0.288. The van der Waals surface area contributed by atoms with Crippen LogP contribution in [0, 0.1) is 11.8 Å². The summed E-state index contributed by atoms with van der Waals surface area (Å²) in [6, 6.07) is 0. The van der Waals surface area contributed by atoms with Gasteiger partial charge in [0.15, 0.2) is 5.96 Å². The summed E-state index contributed by atoms with van der Waals surface area (Å²) in [7, 11) is 0. The molecule has 1 atom stereocenters. The van der Waals surface area contributed by atoms with Crippen molar-refractivity contribution in [2.75, 3.05) is 50.8 Å². The van der Waals surface area contributed by atoms with Crippen molar-refractivity contribution in [3.8, 4) is 0 Å². The molecule has 2 aliphatic rings. The highest BCUT2D eigenvalue weighted by Crippen LogP contribution is 2.18. The number of guanidine groups is 1. The Hall–Kier alpha value is -0.420. The number of hydrogen-bond acceptors (Lipinski definition) is 3. The van der Waals surface area contributed by atoms with Crippen LogP contribution >= 0.6 is 11.8 Å². The lowest BCUT2D eigenvalue weighted by Crippen LogP contribution is -2.43. The lowest BCUT2D eigenvalue weighted by Gasteiger charge is -2.27. The maximum absolute atomic E-state index is 6.09. The van der Waals surface area contributed by atoms with Gasteiger partial charge in [-0.1, -0.05) is 13.8 Å². The van der Waals surface area contributed by atoms with E-state index >= 15 is 0 Å². The summed E-state index contributed by atoms with van der Waals surface area (Å²) in [5.41, 5.74) is 6.09. The molecule has 2 aliphatic heterocycles. The van der Waals surface area contributed by atoms with Gasteiger partial charge in [0, 0.05) is 44.2 Å². The highest BCUT2D eigenvalue weighted by molar-refractivity contribution is 7.99. The fourth-order valence-corrected chi connectivity index (χ4v) is 3.76. The van der Waals surface area contributed by atoms with Crippen molar-refractivity contribution < 1.29 is 0 Å². The van der Waals surface area contributed by atoms with E-state index in [-0.39, 0.29) is 0 Å². The Morgan fingerprint density at radius 1 is 1.32 bits per heavy atom. The van der Waals surface area contributed by atoms with Gasteiger partial charge in [0.25, 0.3) is 0 Å². The average Bonchev–Trinajstić information content (AvgIpc) is 2.84. The van der Waals surface area contributed by atoms with E-state index in [1.165, 1.54) is 37.6 Å². The smallest absolute Gasteiger partial charge is 0.191 e. The van der Waals surface area contributed by atoms with Crippen LogP contribution in [0.2, 0.25) is 0 Å². The molecule has 2 fully saturated rings. The third-order valence-corrected chi connectivity index (χ3v) is 4.78. The first kappa shape index (κ1) is 15.0. The molecule has 1 unspecified atom stereocenters. The monoisotopic (exact) mass is 284 g/mol. The number of nitrogens with two attached hydrogens (primary N) is 1. The van der Waals surface area contributed by atoms with Crippen LogP contribution in [-0.2, 0) is 0 Å². The molecule has 4 nitrogen and oxygen atoms in total. The van der Waals surface area contributed by atoms with Gasteiger partial charge >= 0.3 is 0 Å². The molecule has 2 rings (SSSR count). The molecular formula is C14H28N4S. The number of likely N-dealkylation sites (tertiary alicyclic amines) is 1. The third kappa shape index (κ3) is 4.88. The number of rotatable bonds is 4. The number of aliphatic imine (C=N–C) groups is 1. The predicted octanol–water partition coefficient (Wildman–Crippen LogP) is 1.33. The first-order valence-corrected chi connectivity index (χ1v) is 8.65. The van der Waals surface area contributed by atoms with Crippen LogP contribution in [0.3, 0.4) is 0 Å². The molecule has 2 saturated heterocycles. The van der Waals surface area contributed by atoms with E-state index < -0.39 is 0 Å². The molecule has 0 aromatic rings. The maximum atomic E-state index is 6.09. The molecule has 0 amide bonds. The summed E-state index contributed by atoms with van der Waals surface area (Å²) in [5.74, 6) is 4.60. The van der Waals surface area contributed by atoms with Crippen LogP contribution in [0.5, 0.6) is 0 Å². The standard InChI is InChI=1S/C14H28N4S/c1-12(2)10-17-4-3-13(11-17)9-16-14(15)18-5-7-19-8-6-18/h12-13H,3-11H2,1-2H3,(H2,15,16). The number of thioether (sulfide) groups is 1. The van der Waals surface area contributed by atoms with Crippen molar-refractivity contribution in [3.63, 3.8) is 0 Å². The minimum Gasteiger partial charge on any atom is -0.370 e. The molecule has 0 aromatic carbocycles. The van der Waals surface area contributed by atoms with E-state index in [0.717, 1.165) is 31.5 Å². The van der Waals surface area contributed by atoms with Gasteiger partial charge in [0.2, 0.25) is 0 Å². The molecule has 19 heavy (non-hydrogen) atoms. The van der Waals surface area contributed by atoms with Crippen LogP contribution in [0.1, 0.15) is 20.3 Å². The quantitative estimate of drug-likeness (QED) is 0.625. The molecule has 0 aliphatic carbocycles. The van der Waals surface area contributed by atoms with E-state index in [9.17, 15) is 0 Å². The summed E-state index contributed by atoms with van der Waals surface area (Å²) in [6.45, 7) is 11.3. The predicted molar refractivity (Wildman–Crippen MR) is 84.8 cm³/mol. The largest absolute Gasteiger partial charge is 0.370 e. The van der Waals surface area contributed by atoms with Crippen molar-refractivity contribution >= 4 is 17.7 Å². The van der Waals surface area contributed by atoms with E-state index in [2.05, 4.69) is 28.6 Å². The van der Waals surface area contributed by atoms with Crippen LogP contribution in [0.15, 0.2) is 4.99 Å². The highest BCUT2D eigenvalue weighted by atomic mass is 32.2. The molecule has 5 heteroatoms. The van der Waals surface area contributed by atoms with Crippen molar-refractivity contribution in [3.05, 3.63) is 0 Å². The fourth-order valence-electron chi connectivity index (χ4n) is 2.86. The van der Waals surface area contributed by atoms with Crippen molar-refractivity contribution in [2.45, 2.75) is 20.3 Å². The Morgan fingerprint density at radius 2 is 2.05 bits per heavy atom. The van der Waals surface area contributed by atoms with Gasteiger partial charge < -0.3 is 15.5 Å². The van der Waals surface area contributed by atoms with Crippen molar-refractivity contribution in [1.29, 1.82) is 0 Å². The molecule has 2 N–H and O–H groups in total. The van der Waals surface area contributed by atoms with Gasteiger partial charge in [-0.05, 0) is 24.8 Å². The maximum Gasteiger partial charge on any atom is 0.191 e. The molecule has 2 heterocycles. The second-order valence-electron chi connectivity index (χ2n) is 6.11. The minimum absolute atomic E-state index is 0.705. The van der Waals surface area contributed by atoms with Gasteiger partial charge in [-0.15, -0.1) is 0 Å².